The molecule has 0 aromatic carbocycles. The molecule has 0 aliphatic carbocycles. The van der Waals surface area contributed by atoms with Gasteiger partial charge in [-0.1, -0.05) is 59.0 Å². The van der Waals surface area contributed by atoms with Gasteiger partial charge in [-0.3, -0.25) is 0 Å². The highest BCUT2D eigenvalue weighted by Gasteiger charge is 2.31. The average Bonchev–Trinajstić information content (AvgIpc) is 2.28. The number of allylic oxidation sites excluding steroid dienone is 1. The topological polar surface area (TPSA) is 3.24 Å². The van der Waals surface area contributed by atoms with Crippen molar-refractivity contribution in [2.24, 2.45) is 0 Å². The minimum atomic E-state index is -1.21. The maximum Gasteiger partial charge on any atom is 0.0884 e. The molecular formula is C15H33BrNPSi2. The second kappa shape index (κ2) is 8.31. The zero-order valence-electron chi connectivity index (χ0n) is 14.9. The van der Waals surface area contributed by atoms with Crippen molar-refractivity contribution in [2.75, 3.05) is 13.1 Å². The third-order valence-corrected chi connectivity index (χ3v) is 17.6. The zero-order chi connectivity index (χ0) is 16.1. The fourth-order valence-electron chi connectivity index (χ4n) is 2.55. The van der Waals surface area contributed by atoms with Crippen molar-refractivity contribution in [3.8, 4) is 0 Å². The molecule has 0 heterocycles. The molecule has 0 aliphatic heterocycles. The van der Waals surface area contributed by atoms with Crippen LogP contribution in [0, 0.1) is 0 Å². The summed E-state index contributed by atoms with van der Waals surface area (Å²) in [6.45, 7) is 23.9. The summed E-state index contributed by atoms with van der Waals surface area (Å²) in [4.78, 5) is 2.43. The highest BCUT2D eigenvalue weighted by atomic mass is 79.9. The summed E-state index contributed by atoms with van der Waals surface area (Å²) in [5.74, 6) is 0. The molecule has 0 bridgehead atoms. The van der Waals surface area contributed by atoms with E-state index in [2.05, 4.69) is 80.9 Å². The summed E-state index contributed by atoms with van der Waals surface area (Å²) in [5, 5.41) is 1.56. The Morgan fingerprint density at radius 3 is 1.55 bits per heavy atom. The van der Waals surface area contributed by atoms with E-state index in [0.717, 1.165) is 19.5 Å². The van der Waals surface area contributed by atoms with Gasteiger partial charge in [0.15, 0.2) is 0 Å². The van der Waals surface area contributed by atoms with Crippen LogP contribution in [0.2, 0.25) is 39.3 Å². The summed E-state index contributed by atoms with van der Waals surface area (Å²) in [5.41, 5.74) is 0. The fraction of sp³-hybridized carbons (Fsp3) is 0.800. The van der Waals surface area contributed by atoms with Gasteiger partial charge in [-0.15, -0.1) is 0 Å². The number of nitrogens with zero attached hydrogens (tertiary/aromatic N) is 1. The Morgan fingerprint density at radius 1 is 0.900 bits per heavy atom. The Balaban J connectivity index is 5.87. The molecule has 0 aromatic rings. The van der Waals surface area contributed by atoms with E-state index in [1.165, 1.54) is 12.8 Å². The molecule has 0 amide bonds. The van der Waals surface area contributed by atoms with Crippen molar-refractivity contribution in [3.05, 3.63) is 9.92 Å². The third kappa shape index (κ3) is 6.17. The molecule has 0 aromatic heterocycles. The molecule has 0 radical (unpaired) electrons. The summed E-state index contributed by atoms with van der Waals surface area (Å²) in [6.07, 6.45) is 1.14. The summed E-state index contributed by atoms with van der Waals surface area (Å²) in [7, 11) is -0.904. The summed E-state index contributed by atoms with van der Waals surface area (Å²) >= 11 is 3.87. The lowest BCUT2D eigenvalue weighted by Crippen LogP contribution is -2.48. The van der Waals surface area contributed by atoms with Crippen molar-refractivity contribution in [3.63, 3.8) is 0 Å². The normalized spacial score (nSPS) is 14.3. The highest BCUT2D eigenvalue weighted by molar-refractivity contribution is 9.11. The molecule has 20 heavy (non-hydrogen) atoms. The Morgan fingerprint density at radius 2 is 1.30 bits per heavy atom. The first kappa shape index (κ1) is 20.6. The van der Waals surface area contributed by atoms with Gasteiger partial charge in [0, 0.05) is 18.4 Å². The Labute approximate surface area is 139 Å². The van der Waals surface area contributed by atoms with Crippen molar-refractivity contribution < 1.29 is 0 Å². The Bertz CT molecular complexity index is 358. The van der Waals surface area contributed by atoms with Gasteiger partial charge in [-0.05, 0) is 36.2 Å². The van der Waals surface area contributed by atoms with E-state index in [1.807, 2.05) is 4.54 Å². The Hall–Kier alpha value is 0.624. The van der Waals surface area contributed by atoms with Crippen LogP contribution in [-0.4, -0.2) is 38.7 Å². The second-order valence-corrected chi connectivity index (χ2v) is 20.5. The standard InChI is InChI=1S/C15H33BrNPSi2/c1-10-13(14(16)17(11-2)12-3)18-15(19(4,5)6)20(7,8)9/h10-12H2,1-9H3/b14-13+. The van der Waals surface area contributed by atoms with Gasteiger partial charge < -0.3 is 4.90 Å². The number of hydrogen-bond donors (Lipinski definition) is 0. The van der Waals surface area contributed by atoms with Crippen LogP contribution < -0.4 is 0 Å². The molecule has 118 valence electrons. The van der Waals surface area contributed by atoms with E-state index < -0.39 is 16.1 Å². The lowest BCUT2D eigenvalue weighted by molar-refractivity contribution is 0.409. The fourth-order valence-corrected chi connectivity index (χ4v) is 16.8. The highest BCUT2D eigenvalue weighted by Crippen LogP contribution is 2.33. The van der Waals surface area contributed by atoms with E-state index >= 15 is 0 Å². The molecule has 1 nitrogen and oxygen atoms in total. The van der Waals surface area contributed by atoms with Crippen molar-refractivity contribution in [1.29, 1.82) is 0 Å². The van der Waals surface area contributed by atoms with Gasteiger partial charge in [0.25, 0.3) is 0 Å². The number of halogens is 1. The number of rotatable bonds is 7. The first-order valence-electron chi connectivity index (χ1n) is 7.72. The minimum absolute atomic E-state index is 1.07. The van der Waals surface area contributed by atoms with Crippen LogP contribution in [0.1, 0.15) is 27.2 Å². The molecule has 0 unspecified atom stereocenters. The summed E-state index contributed by atoms with van der Waals surface area (Å²) in [6, 6.07) is 0. The van der Waals surface area contributed by atoms with E-state index in [0.29, 0.717) is 0 Å². The molecule has 0 N–H and O–H groups in total. The molecular weight excluding hydrogens is 361 g/mol. The molecule has 0 saturated heterocycles. The first-order chi connectivity index (χ1) is 8.98. The van der Waals surface area contributed by atoms with Gasteiger partial charge in [-0.25, -0.2) is 0 Å². The number of hydrogen-bond acceptors (Lipinski definition) is 1. The quantitative estimate of drug-likeness (QED) is 0.283. The largest absolute Gasteiger partial charge is 0.366 e. The van der Waals surface area contributed by atoms with Crippen LogP contribution in [0.25, 0.3) is 0 Å². The predicted molar refractivity (Wildman–Crippen MR) is 108 cm³/mol. The lowest BCUT2D eigenvalue weighted by Gasteiger charge is -2.31. The minimum Gasteiger partial charge on any atom is -0.366 e. The molecule has 0 fully saturated rings. The third-order valence-electron chi connectivity index (χ3n) is 3.28. The van der Waals surface area contributed by atoms with Crippen LogP contribution in [0.5, 0.6) is 0 Å². The smallest absolute Gasteiger partial charge is 0.0884 e. The lowest BCUT2D eigenvalue weighted by atomic mass is 10.4. The van der Waals surface area contributed by atoms with Crippen LogP contribution in [0.4, 0.5) is 0 Å². The maximum atomic E-state index is 3.87. The van der Waals surface area contributed by atoms with E-state index in [1.54, 1.807) is 5.31 Å². The molecule has 0 aliphatic rings. The van der Waals surface area contributed by atoms with E-state index in [4.69, 9.17) is 0 Å². The van der Waals surface area contributed by atoms with Gasteiger partial charge >= 0.3 is 0 Å². The van der Waals surface area contributed by atoms with Gasteiger partial charge in [0.2, 0.25) is 0 Å². The van der Waals surface area contributed by atoms with Crippen LogP contribution in [-0.2, 0) is 0 Å². The van der Waals surface area contributed by atoms with Gasteiger partial charge in [0.1, 0.15) is 0 Å². The molecule has 0 spiro atoms. The second-order valence-electron chi connectivity index (χ2n) is 7.22. The van der Waals surface area contributed by atoms with Crippen LogP contribution in [0.15, 0.2) is 9.92 Å². The van der Waals surface area contributed by atoms with Gasteiger partial charge in [0.05, 0.1) is 20.8 Å². The average molecular weight is 394 g/mol. The van der Waals surface area contributed by atoms with Crippen molar-refractivity contribution in [1.82, 2.24) is 4.90 Å². The van der Waals surface area contributed by atoms with Crippen LogP contribution >= 0.6 is 24.1 Å². The molecule has 5 heteroatoms. The Kier molecular flexibility index (Phi) is 8.57. The molecule has 0 rings (SSSR count). The maximum absolute atomic E-state index is 3.87. The first-order valence-corrected chi connectivity index (χ1v) is 16.4. The summed E-state index contributed by atoms with van der Waals surface area (Å²) < 4.78 is 3.21. The monoisotopic (exact) mass is 393 g/mol. The van der Waals surface area contributed by atoms with Crippen LogP contribution in [0.3, 0.4) is 0 Å². The predicted octanol–water partition coefficient (Wildman–Crippen LogP) is 6.18. The SMILES string of the molecule is CC/C(P=C([Si](C)(C)C)[Si](C)(C)C)=C(/Br)N(CC)CC. The van der Waals surface area contributed by atoms with E-state index in [9.17, 15) is 0 Å². The van der Waals surface area contributed by atoms with Crippen molar-refractivity contribution >= 4 is 44.8 Å². The van der Waals surface area contributed by atoms with Gasteiger partial charge in [-0.2, -0.15) is 0 Å². The molecule has 0 saturated carbocycles. The van der Waals surface area contributed by atoms with Crippen molar-refractivity contribution in [2.45, 2.75) is 66.5 Å². The zero-order valence-corrected chi connectivity index (χ0v) is 19.4. The molecule has 0 atom stereocenters. The van der Waals surface area contributed by atoms with E-state index in [-0.39, 0.29) is 0 Å².